The van der Waals surface area contributed by atoms with Crippen molar-refractivity contribution in [3.8, 4) is 0 Å². The Hall–Kier alpha value is -2.57. The van der Waals surface area contributed by atoms with Gasteiger partial charge < -0.3 is 20.6 Å². The molecule has 1 aliphatic rings. The molecule has 1 atom stereocenters. The first-order valence-electron chi connectivity index (χ1n) is 8.49. The minimum atomic E-state index is -0.872. The highest BCUT2D eigenvalue weighted by Gasteiger charge is 2.42. The molecule has 25 heavy (non-hydrogen) atoms. The molecular weight excluding hydrogens is 322 g/mol. The van der Waals surface area contributed by atoms with Crippen LogP contribution in [0.4, 0.5) is 10.5 Å². The third kappa shape index (κ3) is 4.95. The van der Waals surface area contributed by atoms with Crippen molar-refractivity contribution in [3.63, 3.8) is 0 Å². The second-order valence-electron chi connectivity index (χ2n) is 6.69. The summed E-state index contributed by atoms with van der Waals surface area (Å²) in [6, 6.07) is 7.02. The fourth-order valence-corrected chi connectivity index (χ4v) is 2.75. The lowest BCUT2D eigenvalue weighted by Gasteiger charge is -2.20. The number of carbonyl (C=O) groups is 3. The summed E-state index contributed by atoms with van der Waals surface area (Å²) in [5, 5.41) is 14.8. The molecule has 0 aromatic heterocycles. The summed E-state index contributed by atoms with van der Waals surface area (Å²) in [7, 11) is 0. The summed E-state index contributed by atoms with van der Waals surface area (Å²) < 4.78 is 0. The first-order chi connectivity index (χ1) is 11.8. The Morgan fingerprint density at radius 1 is 1.24 bits per heavy atom. The number of aliphatic carboxylic acids is 1. The van der Waals surface area contributed by atoms with Crippen molar-refractivity contribution in [3.05, 3.63) is 29.8 Å². The zero-order valence-electron chi connectivity index (χ0n) is 14.7. The number of benzene rings is 1. The molecule has 1 aliphatic heterocycles. The maximum Gasteiger partial charge on any atom is 0.317 e. The van der Waals surface area contributed by atoms with Gasteiger partial charge in [-0.3, -0.25) is 9.59 Å². The molecule has 1 heterocycles. The Kier molecular flexibility index (Phi) is 6.01. The number of nitrogens with one attached hydrogen (secondary N) is 2. The van der Waals surface area contributed by atoms with Crippen LogP contribution in [-0.2, 0) is 16.1 Å². The third-order valence-corrected chi connectivity index (χ3v) is 4.44. The van der Waals surface area contributed by atoms with E-state index in [0.717, 1.165) is 17.7 Å². The molecule has 7 heteroatoms. The minimum Gasteiger partial charge on any atom is -0.481 e. The van der Waals surface area contributed by atoms with Gasteiger partial charge in [-0.2, -0.15) is 0 Å². The lowest BCUT2D eigenvalue weighted by molar-refractivity contribution is -0.147. The SMILES string of the molecule is CCCC(=O)Nc1ccc(CNC(=O)N2CCC(C)(C(=O)O)C2)cc1. The molecule has 0 saturated carbocycles. The lowest BCUT2D eigenvalue weighted by atomic mass is 9.90. The van der Waals surface area contributed by atoms with Gasteiger partial charge in [-0.25, -0.2) is 4.79 Å². The number of anilines is 1. The molecule has 1 aromatic carbocycles. The predicted molar refractivity (Wildman–Crippen MR) is 94.1 cm³/mol. The standard InChI is InChI=1S/C18H25N3O4/c1-3-4-15(22)20-14-7-5-13(6-8-14)11-19-17(25)21-10-9-18(2,12-21)16(23)24/h5-8H,3-4,9-12H2,1-2H3,(H,19,25)(H,20,22)(H,23,24). The van der Waals surface area contributed by atoms with E-state index in [-0.39, 0.29) is 18.5 Å². The average Bonchev–Trinajstić information content (AvgIpc) is 2.98. The summed E-state index contributed by atoms with van der Waals surface area (Å²) in [4.78, 5) is 36.5. The number of carboxylic acid groups (broad SMARTS) is 1. The van der Waals surface area contributed by atoms with E-state index in [4.69, 9.17) is 0 Å². The van der Waals surface area contributed by atoms with E-state index in [1.54, 1.807) is 19.1 Å². The van der Waals surface area contributed by atoms with Crippen LogP contribution in [0.2, 0.25) is 0 Å². The molecule has 1 unspecified atom stereocenters. The summed E-state index contributed by atoms with van der Waals surface area (Å²) in [6.45, 7) is 4.62. The van der Waals surface area contributed by atoms with E-state index in [1.165, 1.54) is 4.90 Å². The monoisotopic (exact) mass is 347 g/mol. The minimum absolute atomic E-state index is 0.0148. The van der Waals surface area contributed by atoms with Crippen LogP contribution >= 0.6 is 0 Å². The highest BCUT2D eigenvalue weighted by atomic mass is 16.4. The Morgan fingerprint density at radius 2 is 1.92 bits per heavy atom. The summed E-state index contributed by atoms with van der Waals surface area (Å²) in [5.41, 5.74) is 0.766. The van der Waals surface area contributed by atoms with Gasteiger partial charge in [-0.05, 0) is 37.5 Å². The van der Waals surface area contributed by atoms with Crippen LogP contribution in [0, 0.1) is 5.41 Å². The highest BCUT2D eigenvalue weighted by molar-refractivity contribution is 5.90. The van der Waals surface area contributed by atoms with Gasteiger partial charge in [0, 0.05) is 31.7 Å². The fraction of sp³-hybridized carbons (Fsp3) is 0.500. The summed E-state index contributed by atoms with van der Waals surface area (Å²) in [6.07, 6.45) is 1.75. The molecule has 7 nitrogen and oxygen atoms in total. The molecular formula is C18H25N3O4. The van der Waals surface area contributed by atoms with E-state index in [0.29, 0.717) is 25.9 Å². The molecule has 1 saturated heterocycles. The topological polar surface area (TPSA) is 98.7 Å². The van der Waals surface area contributed by atoms with Gasteiger partial charge in [0.15, 0.2) is 0 Å². The highest BCUT2D eigenvalue weighted by Crippen LogP contribution is 2.29. The van der Waals surface area contributed by atoms with E-state index < -0.39 is 11.4 Å². The second kappa shape index (κ2) is 8.00. The number of carboxylic acids is 1. The number of amides is 3. The first kappa shape index (κ1) is 18.8. The van der Waals surface area contributed by atoms with Crippen molar-refractivity contribution in [2.75, 3.05) is 18.4 Å². The zero-order chi connectivity index (χ0) is 18.4. The maximum absolute atomic E-state index is 12.2. The van der Waals surface area contributed by atoms with Gasteiger partial charge in [0.2, 0.25) is 5.91 Å². The number of nitrogens with zero attached hydrogens (tertiary/aromatic N) is 1. The predicted octanol–water partition coefficient (Wildman–Crippen LogP) is 2.43. The van der Waals surface area contributed by atoms with Crippen molar-refractivity contribution in [2.45, 2.75) is 39.7 Å². The Labute approximate surface area is 147 Å². The van der Waals surface area contributed by atoms with E-state index in [9.17, 15) is 19.5 Å². The average molecular weight is 347 g/mol. The third-order valence-electron chi connectivity index (χ3n) is 4.44. The molecule has 3 amide bonds. The van der Waals surface area contributed by atoms with Crippen LogP contribution in [0.25, 0.3) is 0 Å². The second-order valence-corrected chi connectivity index (χ2v) is 6.69. The van der Waals surface area contributed by atoms with Crippen molar-refractivity contribution < 1.29 is 19.5 Å². The van der Waals surface area contributed by atoms with Crippen LogP contribution in [0.5, 0.6) is 0 Å². The van der Waals surface area contributed by atoms with Crippen molar-refractivity contribution in [2.24, 2.45) is 5.41 Å². The Balaban J connectivity index is 1.82. The number of carbonyl (C=O) groups excluding carboxylic acids is 2. The van der Waals surface area contributed by atoms with Crippen molar-refractivity contribution >= 4 is 23.6 Å². The normalized spacial score (nSPS) is 19.5. The molecule has 0 radical (unpaired) electrons. The Morgan fingerprint density at radius 3 is 2.48 bits per heavy atom. The fourth-order valence-electron chi connectivity index (χ4n) is 2.75. The lowest BCUT2D eigenvalue weighted by Crippen LogP contribution is -2.40. The summed E-state index contributed by atoms with van der Waals surface area (Å²) in [5.74, 6) is -0.887. The first-order valence-corrected chi connectivity index (χ1v) is 8.49. The van der Waals surface area contributed by atoms with Crippen LogP contribution in [-0.4, -0.2) is 41.0 Å². The van der Waals surface area contributed by atoms with Gasteiger partial charge in [0.05, 0.1) is 5.41 Å². The Bertz CT molecular complexity index is 644. The number of hydrogen-bond acceptors (Lipinski definition) is 3. The van der Waals surface area contributed by atoms with Crippen LogP contribution in [0.1, 0.15) is 38.7 Å². The molecule has 0 bridgehead atoms. The molecule has 1 fully saturated rings. The molecule has 3 N–H and O–H groups in total. The zero-order valence-corrected chi connectivity index (χ0v) is 14.7. The van der Waals surface area contributed by atoms with E-state index in [1.807, 2.05) is 19.1 Å². The number of rotatable bonds is 6. The number of hydrogen-bond donors (Lipinski definition) is 3. The van der Waals surface area contributed by atoms with Crippen LogP contribution < -0.4 is 10.6 Å². The number of urea groups is 1. The smallest absolute Gasteiger partial charge is 0.317 e. The van der Waals surface area contributed by atoms with Gasteiger partial charge in [0.1, 0.15) is 0 Å². The van der Waals surface area contributed by atoms with Crippen molar-refractivity contribution in [1.29, 1.82) is 0 Å². The van der Waals surface area contributed by atoms with Gasteiger partial charge >= 0.3 is 12.0 Å². The van der Waals surface area contributed by atoms with Crippen LogP contribution in [0.3, 0.4) is 0 Å². The van der Waals surface area contributed by atoms with Gasteiger partial charge in [-0.15, -0.1) is 0 Å². The van der Waals surface area contributed by atoms with Gasteiger partial charge in [0.25, 0.3) is 0 Å². The summed E-state index contributed by atoms with van der Waals surface area (Å²) >= 11 is 0. The molecule has 0 spiro atoms. The van der Waals surface area contributed by atoms with Crippen LogP contribution in [0.15, 0.2) is 24.3 Å². The van der Waals surface area contributed by atoms with Gasteiger partial charge in [-0.1, -0.05) is 19.1 Å². The largest absolute Gasteiger partial charge is 0.481 e. The maximum atomic E-state index is 12.2. The molecule has 2 rings (SSSR count). The number of likely N-dealkylation sites (tertiary alicyclic amines) is 1. The van der Waals surface area contributed by atoms with Crippen molar-refractivity contribution in [1.82, 2.24) is 10.2 Å². The van der Waals surface area contributed by atoms with E-state index >= 15 is 0 Å². The van der Waals surface area contributed by atoms with E-state index in [2.05, 4.69) is 10.6 Å². The molecule has 136 valence electrons. The molecule has 0 aliphatic carbocycles. The molecule has 1 aromatic rings. The quantitative estimate of drug-likeness (QED) is 0.736.